The predicted molar refractivity (Wildman–Crippen MR) is 255 cm³/mol. The van der Waals surface area contributed by atoms with Crippen molar-refractivity contribution in [1.82, 2.24) is 9.38 Å². The molecule has 4 aromatic carbocycles. The van der Waals surface area contributed by atoms with Gasteiger partial charge in [-0.2, -0.15) is 35.8 Å². The average Bonchev–Trinajstić information content (AvgIpc) is 3.87. The van der Waals surface area contributed by atoms with Gasteiger partial charge in [-0.05, 0) is 73.9 Å². The molecule has 24 nitrogen and oxygen atoms in total. The number of aryl methyl sites for hydroxylation is 1. The van der Waals surface area contributed by atoms with Gasteiger partial charge in [0.15, 0.2) is 16.3 Å². The predicted octanol–water partition coefficient (Wildman–Crippen LogP) is 9.65. The Bertz CT molecular complexity index is 3880. The number of nitrogens with zero attached hydrogens (tertiary/aromatic N) is 10. The molecule has 0 unspecified atom stereocenters. The van der Waals surface area contributed by atoms with Crippen LogP contribution in [0, 0.1) is 36.5 Å². The van der Waals surface area contributed by atoms with Crippen LogP contribution in [0.1, 0.15) is 35.6 Å². The highest BCUT2D eigenvalue weighted by molar-refractivity contribution is 7.86. The van der Waals surface area contributed by atoms with E-state index in [0.29, 0.717) is 40.0 Å². The number of anilines is 1. The van der Waals surface area contributed by atoms with Crippen molar-refractivity contribution in [3.63, 3.8) is 0 Å². The number of ether oxygens (including phenoxy) is 2. The molecule has 0 spiro atoms. The Morgan fingerprint density at radius 1 is 0.803 bits per heavy atom. The van der Waals surface area contributed by atoms with Crippen molar-refractivity contribution < 1.29 is 58.3 Å². The highest BCUT2D eigenvalue weighted by Gasteiger charge is 2.27. The van der Waals surface area contributed by atoms with Crippen molar-refractivity contribution in [1.29, 1.82) is 10.5 Å². The molecule has 0 aliphatic carbocycles. The lowest BCUT2D eigenvalue weighted by Gasteiger charge is -2.12. The van der Waals surface area contributed by atoms with Gasteiger partial charge in [0.1, 0.15) is 60.9 Å². The zero-order valence-corrected chi connectivity index (χ0v) is 40.4. The first kappa shape index (κ1) is 50.8. The van der Waals surface area contributed by atoms with E-state index >= 15 is 0 Å². The van der Waals surface area contributed by atoms with Gasteiger partial charge >= 0.3 is 0 Å². The number of carbonyl (C=O) groups is 1. The maximum Gasteiger partial charge on any atom is 0.296 e. The summed E-state index contributed by atoms with van der Waals surface area (Å²) in [4.78, 5) is 14.3. The Hall–Kier alpha value is -8.09. The molecular formula is C43H35N11O13S4. The molecule has 28 heteroatoms. The van der Waals surface area contributed by atoms with Crippen molar-refractivity contribution in [3.05, 3.63) is 95.1 Å². The van der Waals surface area contributed by atoms with Gasteiger partial charge in [-0.15, -0.1) is 30.7 Å². The zero-order valence-electron chi connectivity index (χ0n) is 37.1. The number of methoxy groups -OCH3 is 1. The van der Waals surface area contributed by atoms with E-state index in [1.807, 2.05) is 0 Å². The first-order chi connectivity index (χ1) is 33.5. The number of pyridine rings is 1. The molecule has 7 aromatic rings. The van der Waals surface area contributed by atoms with E-state index in [9.17, 15) is 59.3 Å². The number of thiophene rings is 1. The van der Waals surface area contributed by atoms with E-state index in [0.717, 1.165) is 18.3 Å². The van der Waals surface area contributed by atoms with Crippen LogP contribution in [-0.4, -0.2) is 78.8 Å². The number of nitriles is 2. The fraction of sp³-hybridized carbons (Fsp3) is 0.163. The summed E-state index contributed by atoms with van der Waals surface area (Å²) in [7, 11) is -13.3. The molecule has 3 heterocycles. The molecule has 5 N–H and O–H groups in total. The van der Waals surface area contributed by atoms with E-state index in [1.165, 1.54) is 29.7 Å². The molecule has 0 radical (unpaired) electrons. The lowest BCUT2D eigenvalue weighted by molar-refractivity contribution is -0.114. The number of aromatic nitrogens is 2. The Morgan fingerprint density at radius 3 is 2.14 bits per heavy atom. The molecule has 0 saturated heterocycles. The van der Waals surface area contributed by atoms with Gasteiger partial charge in [-0.25, -0.2) is 4.98 Å². The number of para-hydroxylation sites is 2. The van der Waals surface area contributed by atoms with Crippen molar-refractivity contribution in [3.8, 4) is 40.6 Å². The summed E-state index contributed by atoms with van der Waals surface area (Å²) in [6, 6.07) is 21.3. The summed E-state index contributed by atoms with van der Waals surface area (Å²) >= 11 is 0.719. The SMILES string of the molecule is COc1cccc(-c2c(N=Nc3cc(S(=O)(=O)O)c(NC(C)=O)cc3S(=O)(=O)O)sc(N=Nc3cc(OCCCS(=O)(=O)O)c(N=Nc4c(C)c(C#N)c5nc6ccccc6n5c4O)cc3C)c2C#N)c1. The lowest BCUT2D eigenvalue weighted by atomic mass is 10.0. The van der Waals surface area contributed by atoms with Crippen LogP contribution in [-0.2, 0) is 35.1 Å². The van der Waals surface area contributed by atoms with Crippen LogP contribution in [0.4, 0.5) is 38.4 Å². The first-order valence-electron chi connectivity index (χ1n) is 20.2. The minimum atomic E-state index is -5.21. The molecule has 7 rings (SSSR count). The number of hydrogen-bond donors (Lipinski definition) is 5. The summed E-state index contributed by atoms with van der Waals surface area (Å²) in [6.45, 7) is 3.89. The molecule has 0 aliphatic heterocycles. The number of azo groups is 3. The molecule has 3 aromatic heterocycles. The van der Waals surface area contributed by atoms with E-state index in [4.69, 9.17) is 9.47 Å². The summed E-state index contributed by atoms with van der Waals surface area (Å²) < 4.78 is 115. The second-order valence-corrected chi connectivity index (χ2v) is 20.3. The van der Waals surface area contributed by atoms with Crippen molar-refractivity contribution in [2.75, 3.05) is 24.8 Å². The van der Waals surface area contributed by atoms with Gasteiger partial charge in [0.05, 0.1) is 41.9 Å². The van der Waals surface area contributed by atoms with E-state index in [-0.39, 0.29) is 79.6 Å². The standard InChI is InChI=1S/C43H35N11O13S4/c1-22-15-31(49-51-39-23(2)27(20-44)40-47-29-11-5-6-12-34(29)54(40)43(39)56)35(67-13-8-14-69(57,58)59)17-30(22)48-52-41-28(21-45)38(25-9-7-10-26(16-25)66-4)42(68-41)53-50-33-19-36(70(60,61)62)32(46-24(3)55)18-37(33)71(63,64)65/h5-7,9-12,15-19,56H,8,13-14H2,1-4H3,(H,46,55)(H,57,58,59)(H,60,61,62)(H,63,64,65). The van der Waals surface area contributed by atoms with Crippen LogP contribution in [0.3, 0.4) is 0 Å². The third-order valence-electron chi connectivity index (χ3n) is 10.2. The topological polar surface area (TPSA) is 370 Å². The number of nitrogens with one attached hydrogen (secondary N) is 1. The number of fused-ring (bicyclic) bond motifs is 3. The summed E-state index contributed by atoms with van der Waals surface area (Å²) in [6.07, 6.45) is -0.163. The van der Waals surface area contributed by atoms with Crippen LogP contribution >= 0.6 is 11.3 Å². The molecule has 0 fully saturated rings. The number of imidazole rings is 1. The molecule has 71 heavy (non-hydrogen) atoms. The molecule has 364 valence electrons. The highest BCUT2D eigenvalue weighted by Crippen LogP contribution is 2.49. The van der Waals surface area contributed by atoms with Gasteiger partial charge in [-0.1, -0.05) is 35.6 Å². The highest BCUT2D eigenvalue weighted by atomic mass is 32.2. The number of carbonyl (C=O) groups excluding carboxylic acids is 1. The second-order valence-electron chi connectivity index (χ2n) is 15.0. The smallest absolute Gasteiger partial charge is 0.296 e. The summed E-state index contributed by atoms with van der Waals surface area (Å²) in [5.41, 5.74) is 0.811. The molecule has 0 atom stereocenters. The largest absolute Gasteiger partial charge is 0.497 e. The Morgan fingerprint density at radius 2 is 1.48 bits per heavy atom. The maximum absolute atomic E-state index is 12.5. The van der Waals surface area contributed by atoms with Gasteiger partial charge in [-0.3, -0.25) is 22.9 Å². The fourth-order valence-electron chi connectivity index (χ4n) is 6.94. The molecule has 0 bridgehead atoms. The van der Waals surface area contributed by atoms with Crippen molar-refractivity contribution >= 4 is 103 Å². The molecular weight excluding hydrogens is 1010 g/mol. The van der Waals surface area contributed by atoms with Crippen LogP contribution in [0.25, 0.3) is 27.8 Å². The molecule has 0 aliphatic rings. The summed E-state index contributed by atoms with van der Waals surface area (Å²) in [5.74, 6) is -1.55. The third-order valence-corrected chi connectivity index (χ3v) is 13.7. The van der Waals surface area contributed by atoms with Crippen molar-refractivity contribution in [2.24, 2.45) is 30.7 Å². The van der Waals surface area contributed by atoms with Gasteiger partial charge in [0.25, 0.3) is 30.4 Å². The first-order valence-corrected chi connectivity index (χ1v) is 25.5. The van der Waals surface area contributed by atoms with E-state index in [2.05, 4.69) is 53.1 Å². The number of aromatic hydroxyl groups is 1. The third kappa shape index (κ3) is 11.0. The van der Waals surface area contributed by atoms with Crippen molar-refractivity contribution in [2.45, 2.75) is 37.0 Å². The van der Waals surface area contributed by atoms with Gasteiger partial charge < -0.3 is 19.9 Å². The Labute approximate surface area is 407 Å². The minimum absolute atomic E-state index is 0.0304. The fourth-order valence-corrected chi connectivity index (χ4v) is 9.62. The average molecular weight is 1040 g/mol. The number of hydrogen-bond acceptors (Lipinski definition) is 20. The van der Waals surface area contributed by atoms with Crippen LogP contribution in [0.5, 0.6) is 17.4 Å². The quantitative estimate of drug-likeness (QED) is 0.0341. The number of amides is 1. The molecule has 0 saturated carbocycles. The second kappa shape index (κ2) is 20.1. The number of rotatable bonds is 16. The van der Waals surface area contributed by atoms with E-state index in [1.54, 1.807) is 56.3 Å². The van der Waals surface area contributed by atoms with Crippen LogP contribution < -0.4 is 14.8 Å². The van der Waals surface area contributed by atoms with Crippen LogP contribution in [0.2, 0.25) is 0 Å². The Kier molecular flexibility index (Phi) is 14.4. The summed E-state index contributed by atoms with van der Waals surface area (Å²) in [5, 5.41) is 59.5. The lowest BCUT2D eigenvalue weighted by Crippen LogP contribution is -2.12. The van der Waals surface area contributed by atoms with Crippen LogP contribution in [0.15, 0.2) is 113 Å². The van der Waals surface area contributed by atoms with Gasteiger partial charge in [0.2, 0.25) is 11.8 Å². The van der Waals surface area contributed by atoms with Gasteiger partial charge in [0, 0.05) is 24.1 Å². The molecule has 1 amide bonds. The monoisotopic (exact) mass is 1040 g/mol. The zero-order chi connectivity index (χ0) is 51.6. The minimum Gasteiger partial charge on any atom is -0.497 e. The Balaban J connectivity index is 1.35. The maximum atomic E-state index is 12.5. The number of benzene rings is 4. The normalized spacial score (nSPS) is 12.3. The van der Waals surface area contributed by atoms with E-state index < -0.39 is 63.2 Å².